The molecule has 1 atom stereocenters. The van der Waals surface area contributed by atoms with Crippen molar-refractivity contribution in [2.24, 2.45) is 0 Å². The maximum atomic E-state index is 12.3. The van der Waals surface area contributed by atoms with Crippen molar-refractivity contribution in [1.29, 1.82) is 0 Å². The maximum Gasteiger partial charge on any atom is 0.328 e. The second kappa shape index (κ2) is 8.71. The first-order chi connectivity index (χ1) is 11.5. The molecule has 24 heavy (non-hydrogen) atoms. The lowest BCUT2D eigenvalue weighted by Crippen LogP contribution is -2.43. The van der Waals surface area contributed by atoms with Gasteiger partial charge in [0.2, 0.25) is 5.91 Å². The first-order valence-corrected chi connectivity index (χ1v) is 8.11. The second-order valence-corrected chi connectivity index (χ2v) is 6.02. The zero-order valence-corrected chi connectivity index (χ0v) is 14.6. The molecule has 2 aromatic rings. The van der Waals surface area contributed by atoms with Crippen molar-refractivity contribution in [3.05, 3.63) is 69.7 Å². The molecule has 0 bridgehead atoms. The summed E-state index contributed by atoms with van der Waals surface area (Å²) >= 11 is 12.1. The number of carbonyl (C=O) groups excluding carboxylic acids is 2. The van der Waals surface area contributed by atoms with Crippen LogP contribution in [0.2, 0.25) is 10.0 Å². The fourth-order valence-corrected chi connectivity index (χ4v) is 2.82. The van der Waals surface area contributed by atoms with Gasteiger partial charge in [-0.05, 0) is 23.3 Å². The van der Waals surface area contributed by atoms with Crippen LogP contribution >= 0.6 is 23.2 Å². The van der Waals surface area contributed by atoms with Crippen molar-refractivity contribution < 1.29 is 14.3 Å². The van der Waals surface area contributed by atoms with Crippen LogP contribution in [0.3, 0.4) is 0 Å². The second-order valence-electron chi connectivity index (χ2n) is 5.21. The number of rotatable bonds is 6. The molecule has 0 aliphatic rings. The summed E-state index contributed by atoms with van der Waals surface area (Å²) in [7, 11) is 1.29. The summed E-state index contributed by atoms with van der Waals surface area (Å²) in [5, 5.41) is 3.51. The van der Waals surface area contributed by atoms with Gasteiger partial charge in [0.15, 0.2) is 0 Å². The van der Waals surface area contributed by atoms with E-state index in [-0.39, 0.29) is 12.3 Å². The van der Waals surface area contributed by atoms with Crippen molar-refractivity contribution in [1.82, 2.24) is 5.32 Å². The first kappa shape index (κ1) is 18.3. The van der Waals surface area contributed by atoms with Crippen molar-refractivity contribution in [3.8, 4) is 0 Å². The summed E-state index contributed by atoms with van der Waals surface area (Å²) in [6.07, 6.45) is 0.330. The predicted octanol–water partition coefficient (Wildman–Crippen LogP) is 3.44. The number of carbonyl (C=O) groups is 2. The van der Waals surface area contributed by atoms with E-state index < -0.39 is 12.0 Å². The number of nitrogens with one attached hydrogen (secondary N) is 1. The van der Waals surface area contributed by atoms with Crippen LogP contribution in [0.1, 0.15) is 11.1 Å². The van der Waals surface area contributed by atoms with E-state index in [1.54, 1.807) is 18.2 Å². The average Bonchev–Trinajstić information content (AvgIpc) is 2.58. The van der Waals surface area contributed by atoms with Crippen LogP contribution in [0.25, 0.3) is 0 Å². The molecule has 0 unspecified atom stereocenters. The molecule has 2 aromatic carbocycles. The van der Waals surface area contributed by atoms with Crippen LogP contribution in [0.5, 0.6) is 0 Å². The Balaban J connectivity index is 2.08. The van der Waals surface area contributed by atoms with Gasteiger partial charge in [-0.15, -0.1) is 0 Å². The highest BCUT2D eigenvalue weighted by Crippen LogP contribution is 2.24. The summed E-state index contributed by atoms with van der Waals surface area (Å²) in [6, 6.07) is 13.7. The van der Waals surface area contributed by atoms with E-state index in [2.05, 4.69) is 5.32 Å². The van der Waals surface area contributed by atoms with Crippen LogP contribution in [0, 0.1) is 0 Å². The van der Waals surface area contributed by atoms with Crippen molar-refractivity contribution in [2.75, 3.05) is 7.11 Å². The minimum absolute atomic E-state index is 0.0131. The van der Waals surface area contributed by atoms with E-state index in [0.717, 1.165) is 5.56 Å². The van der Waals surface area contributed by atoms with Crippen molar-refractivity contribution in [2.45, 2.75) is 18.9 Å². The van der Waals surface area contributed by atoms with E-state index in [1.807, 2.05) is 30.3 Å². The minimum Gasteiger partial charge on any atom is -0.467 e. The molecule has 0 aromatic heterocycles. The smallest absolute Gasteiger partial charge is 0.328 e. The van der Waals surface area contributed by atoms with E-state index in [0.29, 0.717) is 22.0 Å². The molecular formula is C18H17Cl2NO3. The fourth-order valence-electron chi connectivity index (χ4n) is 2.29. The standard InChI is InChI=1S/C18H17Cl2NO3/c1-24-18(23)16(10-12-6-3-2-4-7-12)21-17(22)11-13-14(19)8-5-9-15(13)20/h2-9,16H,10-11H2,1H3,(H,21,22)/t16-/m0/s1. The van der Waals surface area contributed by atoms with Gasteiger partial charge in [-0.2, -0.15) is 0 Å². The van der Waals surface area contributed by atoms with E-state index in [4.69, 9.17) is 27.9 Å². The Bertz CT molecular complexity index is 699. The summed E-state index contributed by atoms with van der Waals surface area (Å²) in [5.74, 6) is -0.853. The third-order valence-corrected chi connectivity index (χ3v) is 4.21. The summed E-state index contributed by atoms with van der Waals surface area (Å²) in [6.45, 7) is 0. The van der Waals surface area contributed by atoms with Gasteiger partial charge in [0.1, 0.15) is 6.04 Å². The third-order valence-electron chi connectivity index (χ3n) is 3.50. The molecule has 4 nitrogen and oxygen atoms in total. The molecule has 0 saturated carbocycles. The Hall–Kier alpha value is -2.04. The van der Waals surface area contributed by atoms with Gasteiger partial charge in [0.05, 0.1) is 13.5 Å². The van der Waals surface area contributed by atoms with Crippen LogP contribution in [-0.4, -0.2) is 25.0 Å². The average molecular weight is 366 g/mol. The molecule has 0 saturated heterocycles. The maximum absolute atomic E-state index is 12.3. The monoisotopic (exact) mass is 365 g/mol. The summed E-state index contributed by atoms with van der Waals surface area (Å²) < 4.78 is 4.78. The number of hydrogen-bond donors (Lipinski definition) is 1. The van der Waals surface area contributed by atoms with E-state index in [9.17, 15) is 9.59 Å². The lowest BCUT2D eigenvalue weighted by atomic mass is 10.1. The van der Waals surface area contributed by atoms with Crippen LogP contribution in [-0.2, 0) is 27.2 Å². The molecule has 1 amide bonds. The number of amides is 1. The SMILES string of the molecule is COC(=O)[C@H](Cc1ccccc1)NC(=O)Cc1c(Cl)cccc1Cl. The Morgan fingerprint density at radius 3 is 2.25 bits per heavy atom. The molecule has 0 aliphatic heterocycles. The highest BCUT2D eigenvalue weighted by atomic mass is 35.5. The molecule has 126 valence electrons. The van der Waals surface area contributed by atoms with E-state index >= 15 is 0 Å². The van der Waals surface area contributed by atoms with Crippen molar-refractivity contribution in [3.63, 3.8) is 0 Å². The number of hydrogen-bond acceptors (Lipinski definition) is 3. The lowest BCUT2D eigenvalue weighted by Gasteiger charge is -2.17. The number of methoxy groups -OCH3 is 1. The molecule has 0 fully saturated rings. The molecule has 0 aliphatic carbocycles. The molecule has 0 spiro atoms. The van der Waals surface area contributed by atoms with Crippen LogP contribution in [0.4, 0.5) is 0 Å². The fraction of sp³-hybridized carbons (Fsp3) is 0.222. The number of halogens is 2. The van der Waals surface area contributed by atoms with Gasteiger partial charge in [-0.25, -0.2) is 4.79 Å². The molecule has 0 radical (unpaired) electrons. The Kier molecular flexibility index (Phi) is 6.64. The largest absolute Gasteiger partial charge is 0.467 e. The van der Waals surface area contributed by atoms with Crippen LogP contribution < -0.4 is 5.32 Å². The van der Waals surface area contributed by atoms with Gasteiger partial charge >= 0.3 is 5.97 Å². The number of ether oxygens (including phenoxy) is 1. The van der Waals surface area contributed by atoms with Crippen molar-refractivity contribution >= 4 is 35.1 Å². The number of benzene rings is 2. The lowest BCUT2D eigenvalue weighted by molar-refractivity contribution is -0.145. The minimum atomic E-state index is -0.772. The van der Waals surface area contributed by atoms with Gasteiger partial charge in [-0.1, -0.05) is 59.6 Å². The normalized spacial score (nSPS) is 11.6. The van der Waals surface area contributed by atoms with Gasteiger partial charge in [0, 0.05) is 16.5 Å². The first-order valence-electron chi connectivity index (χ1n) is 7.35. The molecule has 0 heterocycles. The van der Waals surface area contributed by atoms with Gasteiger partial charge in [-0.3, -0.25) is 4.79 Å². The zero-order valence-electron chi connectivity index (χ0n) is 13.1. The van der Waals surface area contributed by atoms with Gasteiger partial charge in [0.25, 0.3) is 0 Å². The number of esters is 1. The van der Waals surface area contributed by atoms with Gasteiger partial charge < -0.3 is 10.1 Å². The molecule has 6 heteroatoms. The Morgan fingerprint density at radius 2 is 1.67 bits per heavy atom. The molecule has 2 rings (SSSR count). The van der Waals surface area contributed by atoms with Crippen LogP contribution in [0.15, 0.2) is 48.5 Å². The Morgan fingerprint density at radius 1 is 1.04 bits per heavy atom. The summed E-state index contributed by atoms with van der Waals surface area (Å²) in [5.41, 5.74) is 1.45. The highest BCUT2D eigenvalue weighted by molar-refractivity contribution is 6.36. The molecular weight excluding hydrogens is 349 g/mol. The third kappa shape index (κ3) is 4.98. The van der Waals surface area contributed by atoms with E-state index in [1.165, 1.54) is 7.11 Å². The summed E-state index contributed by atoms with van der Waals surface area (Å²) in [4.78, 5) is 24.3. The Labute approximate surface area is 150 Å². The topological polar surface area (TPSA) is 55.4 Å². The zero-order chi connectivity index (χ0) is 17.5. The highest BCUT2D eigenvalue weighted by Gasteiger charge is 2.22. The quantitative estimate of drug-likeness (QED) is 0.797. The molecule has 1 N–H and O–H groups in total. The predicted molar refractivity (Wildman–Crippen MR) is 94.3 cm³/mol.